The van der Waals surface area contributed by atoms with Crippen LogP contribution in [-0.4, -0.2) is 47.1 Å². The van der Waals surface area contributed by atoms with Gasteiger partial charge in [-0.1, -0.05) is 0 Å². The van der Waals surface area contributed by atoms with Gasteiger partial charge in [0.15, 0.2) is 0 Å². The number of anilines is 1. The first-order valence-corrected chi connectivity index (χ1v) is 6.55. The molecule has 0 aliphatic carbocycles. The highest BCUT2D eigenvalue weighted by atomic mass is 19.1. The molecule has 0 amide bonds. The van der Waals surface area contributed by atoms with E-state index in [-0.39, 0.29) is 11.7 Å². The van der Waals surface area contributed by atoms with Gasteiger partial charge >= 0.3 is 5.97 Å². The summed E-state index contributed by atoms with van der Waals surface area (Å²) in [4.78, 5) is 23.2. The first kappa shape index (κ1) is 15.2. The summed E-state index contributed by atoms with van der Waals surface area (Å²) in [5.74, 6) is -2.52. The number of hydrogen-bond donors (Lipinski definition) is 2. The zero-order chi connectivity index (χ0) is 15.6. The molecule has 1 unspecified atom stereocenters. The number of rotatable bonds is 5. The number of likely N-dealkylation sites (N-methyl/N-ethyl adjacent to an activating group) is 1. The summed E-state index contributed by atoms with van der Waals surface area (Å²) in [7, 11) is 1.96. The predicted octanol–water partition coefficient (Wildman–Crippen LogP) is 1.94. The van der Waals surface area contributed by atoms with Crippen molar-refractivity contribution in [2.45, 2.75) is 18.9 Å². The Morgan fingerprint density at radius 2 is 2.33 bits per heavy atom. The Morgan fingerprint density at radius 3 is 2.86 bits per heavy atom. The van der Waals surface area contributed by atoms with Gasteiger partial charge in [-0.25, -0.2) is 9.18 Å². The van der Waals surface area contributed by atoms with E-state index in [2.05, 4.69) is 10.2 Å². The summed E-state index contributed by atoms with van der Waals surface area (Å²) in [5.41, 5.74) is -1.14. The number of carboxylic acids is 1. The first-order valence-electron chi connectivity index (χ1n) is 6.55. The molecular formula is C13H16FN3O4. The highest BCUT2D eigenvalue weighted by Crippen LogP contribution is 2.28. The van der Waals surface area contributed by atoms with Crippen LogP contribution in [0.2, 0.25) is 0 Å². The Hall–Kier alpha value is -2.22. The van der Waals surface area contributed by atoms with E-state index >= 15 is 0 Å². The van der Waals surface area contributed by atoms with Crippen molar-refractivity contribution in [3.63, 3.8) is 0 Å². The number of nitro benzene ring substituents is 1. The lowest BCUT2D eigenvalue weighted by Crippen LogP contribution is -2.31. The van der Waals surface area contributed by atoms with Crippen LogP contribution in [0.4, 0.5) is 15.8 Å². The molecule has 1 aromatic carbocycles. The molecule has 114 valence electrons. The van der Waals surface area contributed by atoms with Crippen molar-refractivity contribution in [3.8, 4) is 0 Å². The number of nitrogens with zero attached hydrogens (tertiary/aromatic N) is 2. The standard InChI is InChI=1S/C13H16FN3O4/c1-16-4-2-3-8(16)7-15-11-6-10(14)9(13(18)19)5-12(11)17(20)21/h5-6,8,15H,2-4,7H2,1H3,(H,18,19). The van der Waals surface area contributed by atoms with Gasteiger partial charge in [-0.15, -0.1) is 0 Å². The highest BCUT2D eigenvalue weighted by molar-refractivity contribution is 5.90. The topological polar surface area (TPSA) is 95.7 Å². The zero-order valence-corrected chi connectivity index (χ0v) is 11.5. The second-order valence-corrected chi connectivity index (χ2v) is 5.07. The number of hydrogen-bond acceptors (Lipinski definition) is 5. The normalized spacial score (nSPS) is 18.7. The predicted molar refractivity (Wildman–Crippen MR) is 74.2 cm³/mol. The van der Waals surface area contributed by atoms with Gasteiger partial charge in [0.25, 0.3) is 5.69 Å². The molecule has 1 saturated heterocycles. The van der Waals surface area contributed by atoms with E-state index in [1.54, 1.807) is 0 Å². The van der Waals surface area contributed by atoms with E-state index in [4.69, 9.17) is 5.11 Å². The van der Waals surface area contributed by atoms with Gasteiger partial charge in [0, 0.05) is 24.7 Å². The summed E-state index contributed by atoms with van der Waals surface area (Å²) in [6.07, 6.45) is 2.02. The number of nitrogens with one attached hydrogen (secondary N) is 1. The van der Waals surface area contributed by atoms with Gasteiger partial charge in [-0.3, -0.25) is 10.1 Å². The second kappa shape index (κ2) is 6.04. The van der Waals surface area contributed by atoms with Crippen LogP contribution in [0, 0.1) is 15.9 Å². The quantitative estimate of drug-likeness (QED) is 0.637. The van der Waals surface area contributed by atoms with Crippen LogP contribution in [0.3, 0.4) is 0 Å². The fourth-order valence-corrected chi connectivity index (χ4v) is 2.48. The molecule has 1 aliphatic rings. The van der Waals surface area contributed by atoms with Gasteiger partial charge in [-0.2, -0.15) is 0 Å². The van der Waals surface area contributed by atoms with Crippen molar-refractivity contribution in [2.24, 2.45) is 0 Å². The molecule has 21 heavy (non-hydrogen) atoms. The molecule has 0 radical (unpaired) electrons. The number of benzene rings is 1. The molecule has 1 fully saturated rings. The molecule has 0 aromatic heterocycles. The molecule has 1 atom stereocenters. The highest BCUT2D eigenvalue weighted by Gasteiger charge is 2.24. The lowest BCUT2D eigenvalue weighted by molar-refractivity contribution is -0.384. The third-order valence-corrected chi connectivity index (χ3v) is 3.71. The smallest absolute Gasteiger partial charge is 0.338 e. The van der Waals surface area contributed by atoms with Crippen LogP contribution in [-0.2, 0) is 0 Å². The minimum absolute atomic E-state index is 0.00259. The van der Waals surface area contributed by atoms with Crippen molar-refractivity contribution < 1.29 is 19.2 Å². The van der Waals surface area contributed by atoms with Crippen molar-refractivity contribution in [3.05, 3.63) is 33.6 Å². The van der Waals surface area contributed by atoms with E-state index in [0.717, 1.165) is 31.5 Å². The van der Waals surface area contributed by atoms with Gasteiger partial charge in [0.2, 0.25) is 0 Å². The maximum atomic E-state index is 13.7. The van der Waals surface area contributed by atoms with Gasteiger partial charge in [0.1, 0.15) is 17.1 Å². The van der Waals surface area contributed by atoms with Crippen molar-refractivity contribution in [2.75, 3.05) is 25.5 Å². The Bertz CT molecular complexity index is 579. The SMILES string of the molecule is CN1CCCC1CNc1cc(F)c(C(=O)O)cc1[N+](=O)[O-]. The monoisotopic (exact) mass is 297 g/mol. The van der Waals surface area contributed by atoms with Crippen LogP contribution in [0.15, 0.2) is 12.1 Å². The second-order valence-electron chi connectivity index (χ2n) is 5.07. The molecule has 1 heterocycles. The number of carbonyl (C=O) groups is 1. The number of nitro groups is 1. The Kier molecular flexibility index (Phi) is 4.37. The van der Waals surface area contributed by atoms with E-state index in [1.807, 2.05) is 7.05 Å². The molecule has 8 heteroatoms. The molecule has 1 aliphatic heterocycles. The first-order chi connectivity index (χ1) is 9.90. The maximum absolute atomic E-state index is 13.7. The molecule has 0 saturated carbocycles. The summed E-state index contributed by atoms with van der Waals surface area (Å²) >= 11 is 0. The van der Waals surface area contributed by atoms with Crippen molar-refractivity contribution >= 4 is 17.3 Å². The van der Waals surface area contributed by atoms with Crippen molar-refractivity contribution in [1.82, 2.24) is 4.90 Å². The minimum atomic E-state index is -1.53. The van der Waals surface area contributed by atoms with Crippen LogP contribution < -0.4 is 5.32 Å². The molecule has 2 N–H and O–H groups in total. The number of carboxylic acid groups (broad SMARTS) is 1. The van der Waals surface area contributed by atoms with Crippen LogP contribution in [0.25, 0.3) is 0 Å². The molecule has 0 spiro atoms. The van der Waals surface area contributed by atoms with E-state index in [1.165, 1.54) is 0 Å². The van der Waals surface area contributed by atoms with Gasteiger partial charge < -0.3 is 15.3 Å². The fourth-order valence-electron chi connectivity index (χ4n) is 2.48. The largest absolute Gasteiger partial charge is 0.478 e. The minimum Gasteiger partial charge on any atom is -0.478 e. The molecule has 2 rings (SSSR count). The summed E-state index contributed by atoms with van der Waals surface area (Å²) in [6.45, 7) is 1.41. The Labute approximate surface area is 120 Å². The maximum Gasteiger partial charge on any atom is 0.338 e. The number of halogens is 1. The number of likely N-dealkylation sites (tertiary alicyclic amines) is 1. The average Bonchev–Trinajstić information content (AvgIpc) is 2.81. The summed E-state index contributed by atoms with van der Waals surface area (Å²) < 4.78 is 13.7. The number of aromatic carboxylic acids is 1. The van der Waals surface area contributed by atoms with Crippen LogP contribution >= 0.6 is 0 Å². The summed E-state index contributed by atoms with van der Waals surface area (Å²) in [6, 6.07) is 1.85. The Balaban J connectivity index is 2.23. The van der Waals surface area contributed by atoms with Gasteiger partial charge in [-0.05, 0) is 26.4 Å². The van der Waals surface area contributed by atoms with Crippen LogP contribution in [0.1, 0.15) is 23.2 Å². The summed E-state index contributed by atoms with van der Waals surface area (Å²) in [5, 5.41) is 22.7. The van der Waals surface area contributed by atoms with Gasteiger partial charge in [0.05, 0.1) is 4.92 Å². The molecule has 1 aromatic rings. The third-order valence-electron chi connectivity index (χ3n) is 3.71. The lowest BCUT2D eigenvalue weighted by Gasteiger charge is -2.20. The molecule has 7 nitrogen and oxygen atoms in total. The lowest BCUT2D eigenvalue weighted by atomic mass is 10.1. The average molecular weight is 297 g/mol. The van der Waals surface area contributed by atoms with E-state index < -0.39 is 28.0 Å². The zero-order valence-electron chi connectivity index (χ0n) is 11.5. The fraction of sp³-hybridized carbons (Fsp3) is 0.462. The Morgan fingerprint density at radius 1 is 1.62 bits per heavy atom. The van der Waals surface area contributed by atoms with E-state index in [9.17, 15) is 19.3 Å². The van der Waals surface area contributed by atoms with Crippen LogP contribution in [0.5, 0.6) is 0 Å². The third kappa shape index (κ3) is 3.27. The molecular weight excluding hydrogens is 281 g/mol. The van der Waals surface area contributed by atoms with E-state index in [0.29, 0.717) is 6.54 Å². The van der Waals surface area contributed by atoms with Crippen molar-refractivity contribution in [1.29, 1.82) is 0 Å². The molecule has 0 bridgehead atoms.